The fourth-order valence-corrected chi connectivity index (χ4v) is 4.05. The lowest BCUT2D eigenvalue weighted by molar-refractivity contribution is 0.0927. The molecule has 1 saturated heterocycles. The van der Waals surface area contributed by atoms with Gasteiger partial charge in [0.05, 0.1) is 17.1 Å². The number of H-pyrrole nitrogens is 1. The summed E-state index contributed by atoms with van der Waals surface area (Å²) in [7, 11) is 0. The Labute approximate surface area is 157 Å². The summed E-state index contributed by atoms with van der Waals surface area (Å²) < 4.78 is 1.84. The van der Waals surface area contributed by atoms with Gasteiger partial charge in [0.15, 0.2) is 0 Å². The van der Waals surface area contributed by atoms with Crippen LogP contribution >= 0.6 is 12.4 Å². The predicted octanol–water partition coefficient (Wildman–Crippen LogP) is 1.18. The summed E-state index contributed by atoms with van der Waals surface area (Å²) in [4.78, 5) is 27.6. The summed E-state index contributed by atoms with van der Waals surface area (Å²) >= 11 is 0. The van der Waals surface area contributed by atoms with E-state index >= 15 is 0 Å². The van der Waals surface area contributed by atoms with Crippen LogP contribution in [0.25, 0.3) is 11.0 Å². The number of carbonyl (C=O) groups excluding carboxylic acids is 1. The van der Waals surface area contributed by atoms with Gasteiger partial charge in [-0.2, -0.15) is 0 Å². The summed E-state index contributed by atoms with van der Waals surface area (Å²) in [6, 6.07) is 5.62. The largest absolute Gasteiger partial charge is 0.391 e. The SMILES string of the molecule is Cl.O=C(NCC1CNCC1O)c1ccc2c(c1)[nH]c(=O)n2C1CCCC1. The number of hydrogen-bond acceptors (Lipinski definition) is 4. The Morgan fingerprint density at radius 1 is 1.27 bits per heavy atom. The van der Waals surface area contributed by atoms with E-state index in [9.17, 15) is 14.7 Å². The molecule has 2 atom stereocenters. The zero-order valence-corrected chi connectivity index (χ0v) is 15.3. The summed E-state index contributed by atoms with van der Waals surface area (Å²) in [5, 5.41) is 15.8. The van der Waals surface area contributed by atoms with Gasteiger partial charge in [0.25, 0.3) is 5.91 Å². The first-order chi connectivity index (χ1) is 12.1. The van der Waals surface area contributed by atoms with E-state index in [-0.39, 0.29) is 36.0 Å². The summed E-state index contributed by atoms with van der Waals surface area (Å²) in [6.07, 6.45) is 3.97. The molecule has 4 N–H and O–H groups in total. The van der Waals surface area contributed by atoms with E-state index in [2.05, 4.69) is 15.6 Å². The van der Waals surface area contributed by atoms with E-state index < -0.39 is 6.10 Å². The Bertz CT molecular complexity index is 841. The topological polar surface area (TPSA) is 99.2 Å². The van der Waals surface area contributed by atoms with Gasteiger partial charge in [-0.15, -0.1) is 12.4 Å². The van der Waals surface area contributed by atoms with Crippen LogP contribution in [0.15, 0.2) is 23.0 Å². The first-order valence-corrected chi connectivity index (χ1v) is 9.05. The van der Waals surface area contributed by atoms with Crippen molar-refractivity contribution in [2.75, 3.05) is 19.6 Å². The van der Waals surface area contributed by atoms with Crippen LogP contribution in [0.2, 0.25) is 0 Å². The van der Waals surface area contributed by atoms with Crippen molar-refractivity contribution in [3.05, 3.63) is 34.2 Å². The summed E-state index contributed by atoms with van der Waals surface area (Å²) in [5.41, 5.74) is 1.99. The Kier molecular flexibility index (Phi) is 5.70. The second kappa shape index (κ2) is 7.82. The monoisotopic (exact) mass is 380 g/mol. The number of fused-ring (bicyclic) bond motifs is 1. The molecule has 7 nitrogen and oxygen atoms in total. The minimum atomic E-state index is -0.417. The standard InChI is InChI=1S/C18H24N4O3.ClH/c23-16-10-19-8-12(16)9-20-17(24)11-5-6-15-14(7-11)21-18(25)22(15)13-3-1-2-4-13;/h5-7,12-13,16,19,23H,1-4,8-10H2,(H,20,24)(H,21,25);1H. The zero-order chi connectivity index (χ0) is 17.4. The first-order valence-electron chi connectivity index (χ1n) is 9.05. The highest BCUT2D eigenvalue weighted by Crippen LogP contribution is 2.30. The summed E-state index contributed by atoms with van der Waals surface area (Å²) in [5.74, 6) is -0.147. The van der Waals surface area contributed by atoms with Crippen molar-refractivity contribution in [3.63, 3.8) is 0 Å². The average Bonchev–Trinajstić information content (AvgIpc) is 3.31. The van der Waals surface area contributed by atoms with E-state index in [1.165, 1.54) is 0 Å². The third kappa shape index (κ3) is 3.51. The number of benzene rings is 1. The maximum Gasteiger partial charge on any atom is 0.326 e. The molecule has 1 aliphatic carbocycles. The number of aromatic amines is 1. The van der Waals surface area contributed by atoms with Gasteiger partial charge in [-0.05, 0) is 31.0 Å². The van der Waals surface area contributed by atoms with E-state index in [0.717, 1.165) is 31.2 Å². The van der Waals surface area contributed by atoms with Crippen LogP contribution in [0, 0.1) is 5.92 Å². The van der Waals surface area contributed by atoms with Crippen molar-refractivity contribution < 1.29 is 9.90 Å². The molecule has 1 saturated carbocycles. The molecule has 2 unspecified atom stereocenters. The third-order valence-electron chi connectivity index (χ3n) is 5.50. The number of rotatable bonds is 4. The van der Waals surface area contributed by atoms with Crippen molar-refractivity contribution in [1.82, 2.24) is 20.2 Å². The van der Waals surface area contributed by atoms with Crippen LogP contribution in [0.5, 0.6) is 0 Å². The van der Waals surface area contributed by atoms with Gasteiger partial charge in [0.2, 0.25) is 0 Å². The molecule has 1 aromatic carbocycles. The van der Waals surface area contributed by atoms with Crippen LogP contribution < -0.4 is 16.3 Å². The molecule has 2 aromatic rings. The predicted molar refractivity (Wildman–Crippen MR) is 102 cm³/mol. The Hall–Kier alpha value is -1.83. The highest BCUT2D eigenvalue weighted by molar-refractivity contribution is 5.97. The number of aromatic nitrogens is 2. The molecular formula is C18H25ClN4O3. The highest BCUT2D eigenvalue weighted by atomic mass is 35.5. The van der Waals surface area contributed by atoms with Gasteiger partial charge in [0, 0.05) is 37.2 Å². The minimum Gasteiger partial charge on any atom is -0.391 e. The molecule has 0 bridgehead atoms. The quantitative estimate of drug-likeness (QED) is 0.640. The molecule has 8 heteroatoms. The number of β-amino-alcohol motifs (C(OH)–C–C–N with tert-alkyl or cyclic N) is 1. The maximum absolute atomic E-state index is 12.4. The van der Waals surface area contributed by atoms with Crippen molar-refractivity contribution in [2.24, 2.45) is 5.92 Å². The van der Waals surface area contributed by atoms with Crippen LogP contribution in [-0.4, -0.2) is 46.3 Å². The van der Waals surface area contributed by atoms with Crippen LogP contribution in [0.4, 0.5) is 0 Å². The second-order valence-electron chi connectivity index (χ2n) is 7.17. The van der Waals surface area contributed by atoms with Gasteiger partial charge < -0.3 is 20.7 Å². The Morgan fingerprint density at radius 3 is 2.73 bits per heavy atom. The van der Waals surface area contributed by atoms with Crippen molar-refractivity contribution >= 4 is 29.3 Å². The fraction of sp³-hybridized carbons (Fsp3) is 0.556. The van der Waals surface area contributed by atoms with Crippen LogP contribution in [0.3, 0.4) is 0 Å². The number of aliphatic hydroxyl groups is 1. The lowest BCUT2D eigenvalue weighted by atomic mass is 10.1. The molecule has 26 heavy (non-hydrogen) atoms. The van der Waals surface area contributed by atoms with Crippen molar-refractivity contribution in [3.8, 4) is 0 Å². The number of aliphatic hydroxyl groups excluding tert-OH is 1. The van der Waals surface area contributed by atoms with Gasteiger partial charge >= 0.3 is 5.69 Å². The van der Waals surface area contributed by atoms with Crippen LogP contribution in [0.1, 0.15) is 42.1 Å². The molecule has 4 rings (SSSR count). The van der Waals surface area contributed by atoms with E-state index in [4.69, 9.17) is 0 Å². The second-order valence-corrected chi connectivity index (χ2v) is 7.17. The van der Waals surface area contributed by atoms with Crippen molar-refractivity contribution in [2.45, 2.75) is 37.8 Å². The molecule has 2 heterocycles. The molecule has 2 fully saturated rings. The van der Waals surface area contributed by atoms with E-state index in [0.29, 0.717) is 30.7 Å². The lowest BCUT2D eigenvalue weighted by Gasteiger charge is -2.14. The van der Waals surface area contributed by atoms with Gasteiger partial charge in [-0.25, -0.2) is 4.79 Å². The zero-order valence-electron chi connectivity index (χ0n) is 14.5. The highest BCUT2D eigenvalue weighted by Gasteiger charge is 2.25. The molecule has 1 aliphatic heterocycles. The van der Waals surface area contributed by atoms with E-state index in [1.54, 1.807) is 12.1 Å². The molecule has 0 spiro atoms. The number of carbonyl (C=O) groups is 1. The lowest BCUT2D eigenvalue weighted by Crippen LogP contribution is -2.34. The van der Waals surface area contributed by atoms with E-state index in [1.807, 2.05) is 10.6 Å². The average molecular weight is 381 g/mol. The maximum atomic E-state index is 12.4. The molecule has 0 radical (unpaired) electrons. The number of hydrogen-bond donors (Lipinski definition) is 4. The summed E-state index contributed by atoms with van der Waals surface area (Å²) in [6.45, 7) is 1.71. The number of halogens is 1. The minimum absolute atomic E-state index is 0. The number of amides is 1. The van der Waals surface area contributed by atoms with Gasteiger partial charge in [0.1, 0.15) is 0 Å². The Morgan fingerprint density at radius 2 is 2.04 bits per heavy atom. The molecule has 2 aliphatic rings. The molecule has 1 amide bonds. The van der Waals surface area contributed by atoms with Crippen molar-refractivity contribution in [1.29, 1.82) is 0 Å². The fourth-order valence-electron chi connectivity index (χ4n) is 4.05. The smallest absolute Gasteiger partial charge is 0.326 e. The van der Waals surface area contributed by atoms with Gasteiger partial charge in [-0.1, -0.05) is 12.8 Å². The third-order valence-corrected chi connectivity index (χ3v) is 5.50. The van der Waals surface area contributed by atoms with Crippen LogP contribution in [-0.2, 0) is 0 Å². The number of imidazole rings is 1. The molecular weight excluding hydrogens is 356 g/mol. The first kappa shape index (κ1) is 18.9. The van der Waals surface area contributed by atoms with Gasteiger partial charge in [-0.3, -0.25) is 9.36 Å². The molecule has 1 aromatic heterocycles. The molecule has 142 valence electrons. The number of nitrogens with zero attached hydrogens (tertiary/aromatic N) is 1. The normalized spacial score (nSPS) is 23.3. The number of nitrogens with one attached hydrogen (secondary N) is 3. The Balaban J connectivity index is 0.00000196.